The van der Waals surface area contributed by atoms with Gasteiger partial charge in [-0.25, -0.2) is 9.37 Å². The summed E-state index contributed by atoms with van der Waals surface area (Å²) in [5, 5.41) is 13.1. The normalized spacial score (nSPS) is 17.6. The molecule has 9 heteroatoms. The first-order valence-corrected chi connectivity index (χ1v) is 9.69. The first kappa shape index (κ1) is 18.3. The molecule has 1 saturated heterocycles. The molecule has 2 fully saturated rings. The molecule has 1 aliphatic heterocycles. The molecule has 0 spiro atoms. The van der Waals surface area contributed by atoms with E-state index in [1.165, 1.54) is 6.07 Å². The van der Waals surface area contributed by atoms with E-state index in [2.05, 4.69) is 26.0 Å². The van der Waals surface area contributed by atoms with Gasteiger partial charge in [-0.05, 0) is 43.5 Å². The maximum atomic E-state index is 14.3. The molecule has 2 aromatic heterocycles. The third kappa shape index (κ3) is 3.49. The number of rotatable bonds is 5. The molecule has 0 unspecified atom stereocenters. The largest absolute Gasteiger partial charge is 0.367 e. The van der Waals surface area contributed by atoms with Gasteiger partial charge in [-0.3, -0.25) is 14.9 Å². The monoisotopic (exact) mass is 406 g/mol. The van der Waals surface area contributed by atoms with Gasteiger partial charge >= 0.3 is 0 Å². The Morgan fingerprint density at radius 3 is 2.80 bits per heavy atom. The third-order valence-electron chi connectivity index (χ3n) is 5.04. The highest BCUT2D eigenvalue weighted by atomic mass is 19.1. The molecular weight excluding hydrogens is 387 g/mol. The molecule has 5 rings (SSSR count). The lowest BCUT2D eigenvalue weighted by atomic mass is 10.1. The SMILES string of the molecule is Cc1ccc(Nc2cc(NC3CC3)n3ncc(C=C4CC(=O)NC4=O)c3n2)c(F)c1. The average Bonchev–Trinajstić information content (AvgIpc) is 3.33. The summed E-state index contributed by atoms with van der Waals surface area (Å²) in [6.45, 7) is 1.82. The topological polar surface area (TPSA) is 100 Å². The molecule has 8 nitrogen and oxygen atoms in total. The number of aryl methyl sites for hydroxylation is 1. The number of fused-ring (bicyclic) bond motifs is 1. The Hall–Kier alpha value is -3.75. The number of hydrogen-bond donors (Lipinski definition) is 3. The van der Waals surface area contributed by atoms with Crippen LogP contribution in [0.5, 0.6) is 0 Å². The fraction of sp³-hybridized carbons (Fsp3) is 0.238. The Balaban J connectivity index is 1.58. The van der Waals surface area contributed by atoms with Crippen molar-refractivity contribution >= 4 is 40.9 Å². The predicted molar refractivity (Wildman–Crippen MR) is 110 cm³/mol. The standard InChI is InChI=1S/C21H19FN6O2/c1-11-2-5-16(15(22)6-11)25-17-9-18(24-14-3-4-14)28-20(26-17)13(10-23-28)7-12-8-19(29)27-21(12)30/h2,5-7,9-10,14,24H,3-4,8H2,1H3,(H,25,26)(H,27,29,30). The van der Waals surface area contributed by atoms with Crippen molar-refractivity contribution in [2.45, 2.75) is 32.2 Å². The van der Waals surface area contributed by atoms with Crippen LogP contribution in [0.1, 0.15) is 30.4 Å². The third-order valence-corrected chi connectivity index (χ3v) is 5.04. The summed E-state index contributed by atoms with van der Waals surface area (Å²) in [7, 11) is 0. The summed E-state index contributed by atoms with van der Waals surface area (Å²) in [4.78, 5) is 28.0. The van der Waals surface area contributed by atoms with Crippen molar-refractivity contribution in [3.63, 3.8) is 0 Å². The fourth-order valence-electron chi connectivity index (χ4n) is 3.35. The number of benzene rings is 1. The average molecular weight is 406 g/mol. The molecule has 2 amide bonds. The summed E-state index contributed by atoms with van der Waals surface area (Å²) in [6, 6.07) is 7.08. The molecule has 1 aromatic carbocycles. The molecule has 0 radical (unpaired) electrons. The number of nitrogens with zero attached hydrogens (tertiary/aromatic N) is 3. The van der Waals surface area contributed by atoms with Crippen molar-refractivity contribution in [2.24, 2.45) is 0 Å². The van der Waals surface area contributed by atoms with Crippen LogP contribution in [0.2, 0.25) is 0 Å². The number of imide groups is 1. The second kappa shape index (κ2) is 6.94. The number of halogens is 1. The summed E-state index contributed by atoms with van der Waals surface area (Å²) in [6.07, 6.45) is 5.38. The van der Waals surface area contributed by atoms with Crippen molar-refractivity contribution in [3.8, 4) is 0 Å². The van der Waals surface area contributed by atoms with Gasteiger partial charge in [0.15, 0.2) is 5.65 Å². The minimum atomic E-state index is -0.410. The summed E-state index contributed by atoms with van der Waals surface area (Å²) in [5.41, 5.74) is 2.59. The van der Waals surface area contributed by atoms with E-state index in [9.17, 15) is 14.0 Å². The van der Waals surface area contributed by atoms with Gasteiger partial charge in [0, 0.05) is 23.2 Å². The molecule has 0 atom stereocenters. The van der Waals surface area contributed by atoms with Gasteiger partial charge < -0.3 is 10.6 Å². The van der Waals surface area contributed by atoms with E-state index in [0.717, 1.165) is 18.4 Å². The van der Waals surface area contributed by atoms with E-state index >= 15 is 0 Å². The lowest BCUT2D eigenvalue weighted by Gasteiger charge is -2.12. The first-order valence-electron chi connectivity index (χ1n) is 9.69. The predicted octanol–water partition coefficient (Wildman–Crippen LogP) is 2.92. The highest BCUT2D eigenvalue weighted by molar-refractivity contribution is 6.15. The minimum Gasteiger partial charge on any atom is -0.367 e. The molecule has 3 N–H and O–H groups in total. The van der Waals surface area contributed by atoms with Gasteiger partial charge in [-0.1, -0.05) is 6.07 Å². The molecule has 1 aliphatic carbocycles. The Bertz CT molecular complexity index is 1230. The zero-order chi connectivity index (χ0) is 20.8. The first-order chi connectivity index (χ1) is 14.5. The Morgan fingerprint density at radius 2 is 2.10 bits per heavy atom. The van der Waals surface area contributed by atoms with Crippen molar-refractivity contribution < 1.29 is 14.0 Å². The molecular formula is C21H19FN6O2. The maximum Gasteiger partial charge on any atom is 0.254 e. The number of carbonyl (C=O) groups excluding carboxylic acids is 2. The van der Waals surface area contributed by atoms with Crippen LogP contribution >= 0.6 is 0 Å². The van der Waals surface area contributed by atoms with Gasteiger partial charge in [0.25, 0.3) is 5.91 Å². The fourth-order valence-corrected chi connectivity index (χ4v) is 3.35. The van der Waals surface area contributed by atoms with Gasteiger partial charge in [0.1, 0.15) is 17.5 Å². The molecule has 30 heavy (non-hydrogen) atoms. The van der Waals surface area contributed by atoms with E-state index in [-0.39, 0.29) is 18.1 Å². The lowest BCUT2D eigenvalue weighted by Crippen LogP contribution is -2.19. The second-order valence-electron chi connectivity index (χ2n) is 7.61. The van der Waals surface area contributed by atoms with Crippen LogP contribution in [-0.2, 0) is 9.59 Å². The Labute approximate surface area is 171 Å². The number of aromatic nitrogens is 3. The van der Waals surface area contributed by atoms with Gasteiger partial charge in [0.2, 0.25) is 5.91 Å². The number of anilines is 3. The number of carbonyl (C=O) groups is 2. The molecule has 1 saturated carbocycles. The summed E-state index contributed by atoms with van der Waals surface area (Å²) >= 11 is 0. The molecule has 0 bridgehead atoms. The van der Waals surface area contributed by atoms with Crippen LogP contribution in [-0.4, -0.2) is 32.5 Å². The van der Waals surface area contributed by atoms with Crippen LogP contribution < -0.4 is 16.0 Å². The Morgan fingerprint density at radius 1 is 1.27 bits per heavy atom. The minimum absolute atomic E-state index is 0.0237. The van der Waals surface area contributed by atoms with E-state index in [1.807, 2.05) is 13.0 Å². The zero-order valence-electron chi connectivity index (χ0n) is 16.2. The summed E-state index contributed by atoms with van der Waals surface area (Å²) < 4.78 is 16.0. The molecule has 2 aliphatic rings. The van der Waals surface area contributed by atoms with E-state index in [4.69, 9.17) is 0 Å². The highest BCUT2D eigenvalue weighted by Gasteiger charge is 2.25. The smallest absolute Gasteiger partial charge is 0.254 e. The van der Waals surface area contributed by atoms with Gasteiger partial charge in [-0.2, -0.15) is 9.61 Å². The van der Waals surface area contributed by atoms with Crippen molar-refractivity contribution in [2.75, 3.05) is 10.6 Å². The Kier molecular flexibility index (Phi) is 4.23. The van der Waals surface area contributed by atoms with Crippen LogP contribution in [0.4, 0.5) is 21.7 Å². The van der Waals surface area contributed by atoms with E-state index in [1.54, 1.807) is 28.9 Å². The van der Waals surface area contributed by atoms with Gasteiger partial charge in [-0.15, -0.1) is 0 Å². The van der Waals surface area contributed by atoms with Crippen molar-refractivity contribution in [1.82, 2.24) is 19.9 Å². The highest BCUT2D eigenvalue weighted by Crippen LogP contribution is 2.29. The maximum absolute atomic E-state index is 14.3. The van der Waals surface area contributed by atoms with Gasteiger partial charge in [0.05, 0.1) is 18.3 Å². The van der Waals surface area contributed by atoms with Crippen LogP contribution in [0.3, 0.4) is 0 Å². The van der Waals surface area contributed by atoms with Crippen molar-refractivity contribution in [3.05, 3.63) is 53.0 Å². The van der Waals surface area contributed by atoms with Crippen molar-refractivity contribution in [1.29, 1.82) is 0 Å². The second-order valence-corrected chi connectivity index (χ2v) is 7.61. The van der Waals surface area contributed by atoms with Crippen LogP contribution in [0.15, 0.2) is 36.0 Å². The molecule has 3 heterocycles. The quantitative estimate of drug-likeness (QED) is 0.445. The molecule has 3 aromatic rings. The van der Waals surface area contributed by atoms with E-state index < -0.39 is 5.91 Å². The molecule has 152 valence electrons. The number of hydrogen-bond acceptors (Lipinski definition) is 6. The lowest BCUT2D eigenvalue weighted by molar-refractivity contribution is -0.124. The van der Waals surface area contributed by atoms with Crippen LogP contribution in [0, 0.1) is 12.7 Å². The zero-order valence-corrected chi connectivity index (χ0v) is 16.2. The number of amides is 2. The summed E-state index contributed by atoms with van der Waals surface area (Å²) in [5.74, 6) is 0.0515. The van der Waals surface area contributed by atoms with E-state index in [0.29, 0.717) is 40.1 Å². The van der Waals surface area contributed by atoms with Crippen LogP contribution in [0.25, 0.3) is 11.7 Å². The number of nitrogens with one attached hydrogen (secondary N) is 3.